The molecule has 0 unspecified atom stereocenters. The molecular formula is C15H24N4. The van der Waals surface area contributed by atoms with Crippen molar-refractivity contribution in [3.05, 3.63) is 23.8 Å². The second kappa shape index (κ2) is 6.06. The zero-order valence-corrected chi connectivity index (χ0v) is 12.2. The van der Waals surface area contributed by atoms with Crippen LogP contribution in [0.15, 0.2) is 18.2 Å². The van der Waals surface area contributed by atoms with Crippen molar-refractivity contribution in [2.45, 2.75) is 33.7 Å². The van der Waals surface area contributed by atoms with E-state index >= 15 is 0 Å². The second-order valence-electron chi connectivity index (χ2n) is 5.01. The number of aryl methyl sites for hydroxylation is 2. The Bertz CT molecular complexity index is 540. The van der Waals surface area contributed by atoms with Crippen molar-refractivity contribution in [1.29, 1.82) is 0 Å². The average molecular weight is 260 g/mol. The van der Waals surface area contributed by atoms with E-state index in [0.29, 0.717) is 5.82 Å². The molecule has 0 radical (unpaired) electrons. The minimum Gasteiger partial charge on any atom is -0.382 e. The molecule has 0 spiro atoms. The lowest BCUT2D eigenvalue weighted by atomic mass is 10.2. The van der Waals surface area contributed by atoms with E-state index in [-0.39, 0.29) is 0 Å². The summed E-state index contributed by atoms with van der Waals surface area (Å²) in [5.41, 5.74) is 8.35. The van der Waals surface area contributed by atoms with Gasteiger partial charge in [-0.1, -0.05) is 25.5 Å². The molecule has 0 aliphatic heterocycles. The predicted molar refractivity (Wildman–Crippen MR) is 81.3 cm³/mol. The summed E-state index contributed by atoms with van der Waals surface area (Å²) in [4.78, 5) is 2.43. The van der Waals surface area contributed by atoms with Crippen molar-refractivity contribution in [2.75, 3.05) is 25.4 Å². The van der Waals surface area contributed by atoms with E-state index < -0.39 is 0 Å². The maximum Gasteiger partial charge on any atom is 0.153 e. The number of aromatic nitrogens is 2. The van der Waals surface area contributed by atoms with Crippen LogP contribution in [0.2, 0.25) is 0 Å². The number of nitrogen functional groups attached to an aromatic ring is 1. The van der Waals surface area contributed by atoms with Gasteiger partial charge in [-0.05, 0) is 45.1 Å². The van der Waals surface area contributed by atoms with Crippen molar-refractivity contribution >= 4 is 16.7 Å². The normalized spacial score (nSPS) is 11.6. The van der Waals surface area contributed by atoms with Crippen LogP contribution in [0.25, 0.3) is 10.9 Å². The molecule has 0 saturated carbocycles. The molecule has 0 bridgehead atoms. The Kier molecular flexibility index (Phi) is 4.43. The molecule has 1 heterocycles. The number of fused-ring (bicyclic) bond motifs is 1. The smallest absolute Gasteiger partial charge is 0.153 e. The molecule has 0 amide bonds. The topological polar surface area (TPSA) is 47.1 Å². The SMILES string of the molecule is CCN(CC)CCCn1nc(N)c2cc(C)ccc21. The molecular weight excluding hydrogens is 236 g/mol. The third-order valence-electron chi connectivity index (χ3n) is 3.67. The first kappa shape index (κ1) is 13.9. The number of nitrogens with two attached hydrogens (primary N) is 1. The number of hydrogen-bond donors (Lipinski definition) is 1. The summed E-state index contributed by atoms with van der Waals surface area (Å²) >= 11 is 0. The number of benzene rings is 1. The molecule has 0 aliphatic rings. The van der Waals surface area contributed by atoms with Gasteiger partial charge in [-0.2, -0.15) is 5.10 Å². The molecule has 4 heteroatoms. The highest BCUT2D eigenvalue weighted by atomic mass is 15.3. The summed E-state index contributed by atoms with van der Waals surface area (Å²) in [5.74, 6) is 0.640. The maximum atomic E-state index is 5.99. The van der Waals surface area contributed by atoms with Crippen molar-refractivity contribution in [3.8, 4) is 0 Å². The standard InChI is InChI=1S/C15H24N4/c1-4-18(5-2)9-6-10-19-14-8-7-12(3)11-13(14)15(16)17-19/h7-8,11H,4-6,9-10H2,1-3H3,(H2,16,17). The highest BCUT2D eigenvalue weighted by molar-refractivity contribution is 5.89. The van der Waals surface area contributed by atoms with Gasteiger partial charge in [0.15, 0.2) is 5.82 Å². The van der Waals surface area contributed by atoms with Gasteiger partial charge in [0.05, 0.1) is 5.52 Å². The lowest BCUT2D eigenvalue weighted by Crippen LogP contribution is -2.25. The third kappa shape index (κ3) is 3.07. The van der Waals surface area contributed by atoms with Crippen LogP contribution >= 0.6 is 0 Å². The first-order valence-corrected chi connectivity index (χ1v) is 7.10. The van der Waals surface area contributed by atoms with Crippen LogP contribution in [0.5, 0.6) is 0 Å². The molecule has 2 N–H and O–H groups in total. The van der Waals surface area contributed by atoms with Crippen molar-refractivity contribution in [1.82, 2.24) is 14.7 Å². The van der Waals surface area contributed by atoms with Crippen LogP contribution in [0.4, 0.5) is 5.82 Å². The predicted octanol–water partition coefficient (Wildman–Crippen LogP) is 2.66. The molecule has 0 fully saturated rings. The van der Waals surface area contributed by atoms with E-state index in [1.165, 1.54) is 5.56 Å². The monoisotopic (exact) mass is 260 g/mol. The molecule has 19 heavy (non-hydrogen) atoms. The van der Waals surface area contributed by atoms with Gasteiger partial charge in [0, 0.05) is 11.9 Å². The summed E-state index contributed by atoms with van der Waals surface area (Å²) < 4.78 is 2.04. The van der Waals surface area contributed by atoms with Crippen molar-refractivity contribution < 1.29 is 0 Å². The highest BCUT2D eigenvalue weighted by Crippen LogP contribution is 2.21. The fraction of sp³-hybridized carbons (Fsp3) is 0.533. The van der Waals surface area contributed by atoms with Gasteiger partial charge in [-0.3, -0.25) is 4.68 Å². The Morgan fingerprint density at radius 3 is 2.68 bits per heavy atom. The molecule has 2 rings (SSSR count). The Morgan fingerprint density at radius 2 is 2.00 bits per heavy atom. The molecule has 0 aliphatic carbocycles. The van der Waals surface area contributed by atoms with Crippen LogP contribution in [-0.4, -0.2) is 34.3 Å². The van der Waals surface area contributed by atoms with E-state index in [0.717, 1.165) is 43.5 Å². The van der Waals surface area contributed by atoms with E-state index in [2.05, 4.69) is 49.0 Å². The maximum absolute atomic E-state index is 5.99. The third-order valence-corrected chi connectivity index (χ3v) is 3.67. The van der Waals surface area contributed by atoms with Crippen LogP contribution in [-0.2, 0) is 6.54 Å². The fourth-order valence-corrected chi connectivity index (χ4v) is 2.47. The van der Waals surface area contributed by atoms with Gasteiger partial charge < -0.3 is 10.6 Å². The zero-order chi connectivity index (χ0) is 13.8. The Balaban J connectivity index is 2.09. The van der Waals surface area contributed by atoms with Crippen LogP contribution in [0.3, 0.4) is 0 Å². The van der Waals surface area contributed by atoms with Gasteiger partial charge in [-0.25, -0.2) is 0 Å². The summed E-state index contributed by atoms with van der Waals surface area (Å²) in [6, 6.07) is 6.34. The van der Waals surface area contributed by atoms with Crippen LogP contribution in [0.1, 0.15) is 25.8 Å². The van der Waals surface area contributed by atoms with Gasteiger partial charge in [-0.15, -0.1) is 0 Å². The molecule has 0 atom stereocenters. The minimum absolute atomic E-state index is 0.640. The van der Waals surface area contributed by atoms with E-state index in [9.17, 15) is 0 Å². The quantitative estimate of drug-likeness (QED) is 0.868. The molecule has 104 valence electrons. The number of anilines is 1. The van der Waals surface area contributed by atoms with Crippen LogP contribution in [0, 0.1) is 6.92 Å². The minimum atomic E-state index is 0.640. The van der Waals surface area contributed by atoms with Gasteiger partial charge in [0.1, 0.15) is 0 Å². The van der Waals surface area contributed by atoms with Crippen molar-refractivity contribution in [2.24, 2.45) is 0 Å². The van der Waals surface area contributed by atoms with E-state index in [4.69, 9.17) is 5.73 Å². The molecule has 0 saturated heterocycles. The largest absolute Gasteiger partial charge is 0.382 e. The first-order valence-electron chi connectivity index (χ1n) is 7.10. The Hall–Kier alpha value is -1.55. The molecule has 1 aromatic heterocycles. The second-order valence-corrected chi connectivity index (χ2v) is 5.01. The highest BCUT2D eigenvalue weighted by Gasteiger charge is 2.08. The zero-order valence-electron chi connectivity index (χ0n) is 12.2. The lowest BCUT2D eigenvalue weighted by Gasteiger charge is -2.17. The molecule has 4 nitrogen and oxygen atoms in total. The summed E-state index contributed by atoms with van der Waals surface area (Å²) in [5, 5.41) is 5.53. The summed E-state index contributed by atoms with van der Waals surface area (Å²) in [7, 11) is 0. The van der Waals surface area contributed by atoms with E-state index in [1.807, 2.05) is 4.68 Å². The summed E-state index contributed by atoms with van der Waals surface area (Å²) in [6.07, 6.45) is 1.10. The van der Waals surface area contributed by atoms with Crippen LogP contribution < -0.4 is 5.73 Å². The number of nitrogens with zero attached hydrogens (tertiary/aromatic N) is 3. The molecule has 1 aromatic carbocycles. The first-order chi connectivity index (χ1) is 9.15. The lowest BCUT2D eigenvalue weighted by molar-refractivity contribution is 0.292. The Morgan fingerprint density at radius 1 is 1.26 bits per heavy atom. The number of hydrogen-bond acceptors (Lipinski definition) is 3. The van der Waals surface area contributed by atoms with Gasteiger partial charge in [0.25, 0.3) is 0 Å². The fourth-order valence-electron chi connectivity index (χ4n) is 2.47. The van der Waals surface area contributed by atoms with Crippen molar-refractivity contribution in [3.63, 3.8) is 0 Å². The average Bonchev–Trinajstić information content (AvgIpc) is 2.71. The molecule has 2 aromatic rings. The van der Waals surface area contributed by atoms with E-state index in [1.54, 1.807) is 0 Å². The van der Waals surface area contributed by atoms with Gasteiger partial charge >= 0.3 is 0 Å². The number of rotatable bonds is 6. The van der Waals surface area contributed by atoms with Gasteiger partial charge in [0.2, 0.25) is 0 Å². The Labute approximate surface area is 115 Å². The summed E-state index contributed by atoms with van der Waals surface area (Å²) in [6.45, 7) is 10.7.